The van der Waals surface area contributed by atoms with Crippen molar-refractivity contribution in [1.29, 1.82) is 0 Å². The van der Waals surface area contributed by atoms with Gasteiger partial charge in [-0.15, -0.1) is 0 Å². The summed E-state index contributed by atoms with van der Waals surface area (Å²) >= 11 is 0. The second-order valence-corrected chi connectivity index (χ2v) is 6.19. The fourth-order valence-electron chi connectivity index (χ4n) is 2.50. The van der Waals surface area contributed by atoms with E-state index in [1.807, 2.05) is 6.92 Å². The lowest BCUT2D eigenvalue weighted by atomic mass is 10.3. The monoisotopic (exact) mass is 406 g/mol. The molecule has 0 aliphatic heterocycles. The zero-order valence-electron chi connectivity index (χ0n) is 16.0. The van der Waals surface area contributed by atoms with Gasteiger partial charge in [0.1, 0.15) is 0 Å². The van der Waals surface area contributed by atoms with Gasteiger partial charge in [0.25, 0.3) is 0 Å². The number of hydrogen-bond donors (Lipinski definition) is 5. The predicted molar refractivity (Wildman–Crippen MR) is 98.4 cm³/mol. The minimum Gasteiger partial charge on any atom is -0.480 e. The first-order chi connectivity index (χ1) is 13.1. The molecule has 162 valence electrons. The summed E-state index contributed by atoms with van der Waals surface area (Å²) in [6, 6.07) is 0. The van der Waals surface area contributed by atoms with Gasteiger partial charge in [-0.1, -0.05) is 6.92 Å². The molecule has 0 saturated carbocycles. The van der Waals surface area contributed by atoms with Crippen LogP contribution in [0.3, 0.4) is 0 Å². The summed E-state index contributed by atoms with van der Waals surface area (Å²) in [5, 5.41) is 38.9. The average Bonchev–Trinajstić information content (AvgIpc) is 2.55. The van der Waals surface area contributed by atoms with E-state index in [1.165, 1.54) is 9.80 Å². The molecule has 0 radical (unpaired) electrons. The van der Waals surface area contributed by atoms with Crippen LogP contribution in [-0.2, 0) is 19.2 Å². The minimum atomic E-state index is -1.18. The van der Waals surface area contributed by atoms with Gasteiger partial charge in [0.2, 0.25) is 0 Å². The van der Waals surface area contributed by atoms with E-state index in [0.29, 0.717) is 19.6 Å². The normalized spacial score (nSPS) is 11.3. The Kier molecular flexibility index (Phi) is 13.5. The first-order valence-electron chi connectivity index (χ1n) is 8.89. The third-order valence-electron chi connectivity index (χ3n) is 3.76. The van der Waals surface area contributed by atoms with Crippen LogP contribution in [0, 0.1) is 0 Å². The van der Waals surface area contributed by atoms with Crippen LogP contribution in [0.4, 0.5) is 0 Å². The Morgan fingerprint density at radius 3 is 1.29 bits per heavy atom. The molecule has 0 aromatic carbocycles. The number of carbonyl (C=O) groups is 4. The molecule has 0 amide bonds. The third-order valence-corrected chi connectivity index (χ3v) is 3.76. The molecule has 5 N–H and O–H groups in total. The van der Waals surface area contributed by atoms with Crippen molar-refractivity contribution in [3.05, 3.63) is 0 Å². The van der Waals surface area contributed by atoms with Gasteiger partial charge in [-0.2, -0.15) is 0 Å². The maximum absolute atomic E-state index is 11.1. The van der Waals surface area contributed by atoms with Gasteiger partial charge >= 0.3 is 23.9 Å². The van der Waals surface area contributed by atoms with Crippen molar-refractivity contribution in [3.8, 4) is 0 Å². The molecule has 0 aromatic rings. The van der Waals surface area contributed by atoms with Gasteiger partial charge < -0.3 is 25.7 Å². The number of rotatable bonds is 18. The molecule has 0 rings (SSSR count). The van der Waals surface area contributed by atoms with Crippen LogP contribution in [0.25, 0.3) is 0 Å². The van der Waals surface area contributed by atoms with Crippen molar-refractivity contribution in [1.82, 2.24) is 20.0 Å². The fraction of sp³-hybridized carbons (Fsp3) is 0.750. The van der Waals surface area contributed by atoms with Crippen LogP contribution in [0.5, 0.6) is 0 Å². The van der Waals surface area contributed by atoms with E-state index < -0.39 is 37.0 Å². The second-order valence-electron chi connectivity index (χ2n) is 6.19. The van der Waals surface area contributed by atoms with Gasteiger partial charge in [0.05, 0.1) is 26.2 Å². The van der Waals surface area contributed by atoms with E-state index in [4.69, 9.17) is 20.4 Å². The third kappa shape index (κ3) is 14.8. The molecule has 0 heterocycles. The smallest absolute Gasteiger partial charge is 0.317 e. The molecular weight excluding hydrogens is 376 g/mol. The van der Waals surface area contributed by atoms with Gasteiger partial charge in [-0.25, -0.2) is 0 Å². The van der Waals surface area contributed by atoms with Crippen LogP contribution in [0.2, 0.25) is 0 Å². The zero-order valence-corrected chi connectivity index (χ0v) is 16.0. The number of hydrogen-bond acceptors (Lipinski definition) is 8. The topological polar surface area (TPSA) is 171 Å². The Hall–Kier alpha value is -2.28. The zero-order chi connectivity index (χ0) is 21.5. The lowest BCUT2D eigenvalue weighted by molar-refractivity contribution is -0.143. The van der Waals surface area contributed by atoms with E-state index in [0.717, 1.165) is 6.54 Å². The SMILES string of the molecule is CCNCCN(CCN(CCN(CC(=O)O)CC(=O)O)CC(=O)O)CC(=O)O. The Labute approximate surface area is 163 Å². The van der Waals surface area contributed by atoms with Gasteiger partial charge in [0, 0.05) is 39.3 Å². The summed E-state index contributed by atoms with van der Waals surface area (Å²) in [4.78, 5) is 48.2. The molecule has 28 heavy (non-hydrogen) atoms. The van der Waals surface area contributed by atoms with Crippen molar-refractivity contribution >= 4 is 23.9 Å². The first-order valence-corrected chi connectivity index (χ1v) is 8.89. The van der Waals surface area contributed by atoms with E-state index in [1.54, 1.807) is 4.90 Å². The highest BCUT2D eigenvalue weighted by molar-refractivity contribution is 5.72. The quantitative estimate of drug-likeness (QED) is 0.156. The van der Waals surface area contributed by atoms with Crippen molar-refractivity contribution in [2.45, 2.75) is 6.92 Å². The molecule has 0 bridgehead atoms. The Morgan fingerprint density at radius 1 is 0.607 bits per heavy atom. The van der Waals surface area contributed by atoms with Gasteiger partial charge in [-0.3, -0.25) is 33.9 Å². The molecule has 12 nitrogen and oxygen atoms in total. The summed E-state index contributed by atoms with van der Waals surface area (Å²) in [6.07, 6.45) is 0. The molecule has 0 atom stereocenters. The van der Waals surface area contributed by atoms with Crippen molar-refractivity contribution in [2.75, 3.05) is 72.0 Å². The van der Waals surface area contributed by atoms with E-state index in [-0.39, 0.29) is 32.7 Å². The molecule has 0 spiro atoms. The van der Waals surface area contributed by atoms with Crippen LogP contribution in [-0.4, -0.2) is 131 Å². The molecular formula is C16H30N4O8. The van der Waals surface area contributed by atoms with Crippen molar-refractivity contribution < 1.29 is 39.6 Å². The first kappa shape index (κ1) is 25.7. The Bertz CT molecular complexity index is 501. The van der Waals surface area contributed by atoms with Crippen LogP contribution in [0.15, 0.2) is 0 Å². The maximum Gasteiger partial charge on any atom is 0.317 e. The molecule has 0 saturated heterocycles. The average molecular weight is 406 g/mol. The highest BCUT2D eigenvalue weighted by Gasteiger charge is 2.18. The standard InChI is InChI=1S/C16H30N4O8/c1-2-17-3-4-18(9-13(21)22)5-6-19(10-14(23)24)7-8-20(11-15(25)26)12-16(27)28/h17H,2-12H2,1H3,(H,21,22)(H,23,24)(H,25,26)(H,27,28). The largest absolute Gasteiger partial charge is 0.480 e. The number of nitrogens with one attached hydrogen (secondary N) is 1. The summed E-state index contributed by atoms with van der Waals surface area (Å²) < 4.78 is 0. The van der Waals surface area contributed by atoms with Crippen LogP contribution < -0.4 is 5.32 Å². The van der Waals surface area contributed by atoms with Gasteiger partial charge in [-0.05, 0) is 6.54 Å². The number of aliphatic carboxylic acids is 4. The highest BCUT2D eigenvalue weighted by Crippen LogP contribution is 1.97. The summed E-state index contributed by atoms with van der Waals surface area (Å²) in [6.45, 7) is 3.05. The summed E-state index contributed by atoms with van der Waals surface area (Å²) in [7, 11) is 0. The maximum atomic E-state index is 11.1. The van der Waals surface area contributed by atoms with E-state index in [9.17, 15) is 19.2 Å². The summed E-state index contributed by atoms with van der Waals surface area (Å²) in [5.74, 6) is -4.43. The summed E-state index contributed by atoms with van der Waals surface area (Å²) in [5.41, 5.74) is 0. The lowest BCUT2D eigenvalue weighted by Gasteiger charge is -2.27. The fourth-order valence-corrected chi connectivity index (χ4v) is 2.50. The molecule has 0 aliphatic carbocycles. The van der Waals surface area contributed by atoms with Crippen LogP contribution >= 0.6 is 0 Å². The Balaban J connectivity index is 4.78. The van der Waals surface area contributed by atoms with Gasteiger partial charge in [0.15, 0.2) is 0 Å². The number of likely N-dealkylation sites (N-methyl/N-ethyl adjacent to an activating group) is 1. The number of carboxylic acid groups (broad SMARTS) is 4. The molecule has 12 heteroatoms. The molecule has 0 fully saturated rings. The predicted octanol–water partition coefficient (Wildman–Crippen LogP) is -2.16. The number of nitrogens with zero attached hydrogens (tertiary/aromatic N) is 3. The second kappa shape index (κ2) is 14.7. The Morgan fingerprint density at radius 2 is 0.929 bits per heavy atom. The number of carboxylic acids is 4. The highest BCUT2D eigenvalue weighted by atomic mass is 16.4. The van der Waals surface area contributed by atoms with Crippen molar-refractivity contribution in [3.63, 3.8) is 0 Å². The van der Waals surface area contributed by atoms with Crippen molar-refractivity contribution in [2.24, 2.45) is 0 Å². The molecule has 0 aliphatic rings. The molecule has 0 unspecified atom stereocenters. The minimum absolute atomic E-state index is 0.0577. The van der Waals surface area contributed by atoms with Crippen LogP contribution in [0.1, 0.15) is 6.92 Å². The molecule has 0 aromatic heterocycles. The lowest BCUT2D eigenvalue weighted by Crippen LogP contribution is -2.45. The van der Waals surface area contributed by atoms with E-state index >= 15 is 0 Å². The van der Waals surface area contributed by atoms with E-state index in [2.05, 4.69) is 5.32 Å².